The van der Waals surface area contributed by atoms with E-state index in [1.165, 1.54) is 5.56 Å². The number of nitrogens with one attached hydrogen (secondary N) is 1. The number of aromatic nitrogens is 2. The van der Waals surface area contributed by atoms with Gasteiger partial charge in [0.2, 0.25) is 0 Å². The number of nitrogens with zero attached hydrogens (tertiary/aromatic N) is 2. The molecule has 0 aliphatic rings. The Morgan fingerprint density at radius 3 is 3.11 bits per heavy atom. The average Bonchev–Trinajstić information content (AvgIpc) is 2.89. The van der Waals surface area contributed by atoms with Gasteiger partial charge in [-0.1, -0.05) is 28.1 Å². The summed E-state index contributed by atoms with van der Waals surface area (Å²) in [6.45, 7) is 1.64. The molecule has 5 heteroatoms. The highest BCUT2D eigenvalue weighted by Crippen LogP contribution is 2.13. The molecule has 0 saturated carbocycles. The third-order valence-corrected chi connectivity index (χ3v) is 3.93. The topological polar surface area (TPSA) is 29.3 Å². The van der Waals surface area contributed by atoms with Crippen molar-refractivity contribution >= 4 is 32.2 Å². The summed E-state index contributed by atoms with van der Waals surface area (Å²) in [5.41, 5.74) is 2.35. The van der Waals surface area contributed by atoms with Gasteiger partial charge in [0.05, 0.1) is 5.69 Å². The molecule has 0 aliphatic carbocycles. The van der Waals surface area contributed by atoms with Crippen molar-refractivity contribution in [1.29, 1.82) is 0 Å². The van der Waals surface area contributed by atoms with Gasteiger partial charge >= 0.3 is 0 Å². The predicted octanol–water partition coefficient (Wildman–Crippen LogP) is 3.45. The van der Waals surface area contributed by atoms with Gasteiger partial charge in [-0.2, -0.15) is 0 Å². The van der Waals surface area contributed by atoms with Gasteiger partial charge in [-0.3, -0.25) is 4.40 Å². The van der Waals surface area contributed by atoms with Crippen LogP contribution in [0.15, 0.2) is 46.5 Å². The van der Waals surface area contributed by atoms with Crippen molar-refractivity contribution < 1.29 is 0 Å². The second-order valence-corrected chi connectivity index (χ2v) is 5.85. The third kappa shape index (κ3) is 2.63. The summed E-state index contributed by atoms with van der Waals surface area (Å²) in [6, 6.07) is 8.32. The Bertz CT molecular complexity index is 630. The van der Waals surface area contributed by atoms with Crippen LogP contribution in [0.5, 0.6) is 0 Å². The summed E-state index contributed by atoms with van der Waals surface area (Å²) < 4.78 is 3.17. The van der Waals surface area contributed by atoms with Gasteiger partial charge in [-0.05, 0) is 17.7 Å². The number of fused-ring (bicyclic) bond motifs is 1. The molecule has 0 aliphatic heterocycles. The monoisotopic (exact) mass is 321 g/mol. The van der Waals surface area contributed by atoms with Crippen molar-refractivity contribution in [3.63, 3.8) is 0 Å². The number of imidazole rings is 1. The van der Waals surface area contributed by atoms with E-state index < -0.39 is 0 Å². The minimum absolute atomic E-state index is 0.793. The smallest absolute Gasteiger partial charge is 0.193 e. The van der Waals surface area contributed by atoms with E-state index in [1.54, 1.807) is 11.3 Å². The van der Waals surface area contributed by atoms with Gasteiger partial charge in [0, 0.05) is 35.3 Å². The van der Waals surface area contributed by atoms with E-state index >= 15 is 0 Å². The largest absolute Gasteiger partial charge is 0.307 e. The molecule has 1 N–H and O–H groups in total. The van der Waals surface area contributed by atoms with Crippen molar-refractivity contribution in [3.8, 4) is 0 Å². The van der Waals surface area contributed by atoms with E-state index in [1.807, 2.05) is 23.7 Å². The SMILES string of the molecule is Brc1cccc(CNCc2cn3ccsc3n2)c1. The molecule has 3 aromatic rings. The lowest BCUT2D eigenvalue weighted by Gasteiger charge is -2.03. The van der Waals surface area contributed by atoms with Gasteiger partial charge in [0.25, 0.3) is 0 Å². The second-order valence-electron chi connectivity index (χ2n) is 4.06. The number of hydrogen-bond donors (Lipinski definition) is 1. The molecule has 3 nitrogen and oxygen atoms in total. The van der Waals surface area contributed by atoms with Gasteiger partial charge in [0.15, 0.2) is 4.96 Å². The summed E-state index contributed by atoms with van der Waals surface area (Å²) in [6.07, 6.45) is 4.10. The van der Waals surface area contributed by atoms with Gasteiger partial charge < -0.3 is 5.32 Å². The lowest BCUT2D eigenvalue weighted by Crippen LogP contribution is -2.12. The fourth-order valence-corrected chi connectivity index (χ4v) is 3.01. The lowest BCUT2D eigenvalue weighted by molar-refractivity contribution is 0.682. The van der Waals surface area contributed by atoms with Crippen molar-refractivity contribution in [1.82, 2.24) is 14.7 Å². The Hall–Kier alpha value is -1.17. The molecule has 92 valence electrons. The molecular weight excluding hydrogens is 310 g/mol. The van der Waals surface area contributed by atoms with Crippen molar-refractivity contribution in [2.24, 2.45) is 0 Å². The highest BCUT2D eigenvalue weighted by atomic mass is 79.9. The number of benzene rings is 1. The van der Waals surface area contributed by atoms with Crippen LogP contribution in [0.2, 0.25) is 0 Å². The molecule has 2 aromatic heterocycles. The maximum atomic E-state index is 4.53. The summed E-state index contributed by atoms with van der Waals surface area (Å²) in [4.78, 5) is 5.58. The Morgan fingerprint density at radius 1 is 1.33 bits per heavy atom. The highest BCUT2D eigenvalue weighted by Gasteiger charge is 2.01. The van der Waals surface area contributed by atoms with E-state index in [2.05, 4.69) is 49.0 Å². The highest BCUT2D eigenvalue weighted by molar-refractivity contribution is 9.10. The van der Waals surface area contributed by atoms with E-state index in [4.69, 9.17) is 0 Å². The molecule has 1 aromatic carbocycles. The summed E-state index contributed by atoms with van der Waals surface area (Å²) >= 11 is 5.13. The normalized spacial score (nSPS) is 11.2. The van der Waals surface area contributed by atoms with Gasteiger partial charge in [0.1, 0.15) is 0 Å². The first-order valence-corrected chi connectivity index (χ1v) is 7.35. The maximum absolute atomic E-state index is 4.53. The molecule has 18 heavy (non-hydrogen) atoms. The Kier molecular flexibility index (Phi) is 3.45. The van der Waals surface area contributed by atoms with Gasteiger partial charge in [-0.15, -0.1) is 11.3 Å². The van der Waals surface area contributed by atoms with Crippen molar-refractivity contribution in [2.75, 3.05) is 0 Å². The van der Waals surface area contributed by atoms with Crippen LogP contribution in [0.4, 0.5) is 0 Å². The summed E-state index contributed by atoms with van der Waals surface area (Å²) in [5.74, 6) is 0. The van der Waals surface area contributed by atoms with Crippen LogP contribution in [0.1, 0.15) is 11.3 Å². The molecule has 0 amide bonds. The summed E-state index contributed by atoms with van der Waals surface area (Å²) in [7, 11) is 0. The van der Waals surface area contributed by atoms with Crippen LogP contribution >= 0.6 is 27.3 Å². The van der Waals surface area contributed by atoms with Crippen LogP contribution in [0.25, 0.3) is 4.96 Å². The standard InChI is InChI=1S/C13H12BrN3S/c14-11-3-1-2-10(6-11)7-15-8-12-9-17-4-5-18-13(17)16-12/h1-6,9,15H,7-8H2. The molecule has 0 saturated heterocycles. The van der Waals surface area contributed by atoms with Crippen molar-refractivity contribution in [3.05, 3.63) is 57.8 Å². The molecule has 0 radical (unpaired) electrons. The fraction of sp³-hybridized carbons (Fsp3) is 0.154. The number of halogens is 1. The Balaban J connectivity index is 1.60. The van der Waals surface area contributed by atoms with E-state index in [0.717, 1.165) is 28.2 Å². The lowest BCUT2D eigenvalue weighted by atomic mass is 10.2. The van der Waals surface area contributed by atoms with Crippen LogP contribution in [0.3, 0.4) is 0 Å². The number of thiazole rings is 1. The molecule has 2 heterocycles. The van der Waals surface area contributed by atoms with E-state index in [9.17, 15) is 0 Å². The third-order valence-electron chi connectivity index (χ3n) is 2.67. The van der Waals surface area contributed by atoms with Crippen LogP contribution in [-0.2, 0) is 13.1 Å². The first kappa shape index (κ1) is 11.9. The maximum Gasteiger partial charge on any atom is 0.193 e. The zero-order valence-corrected chi connectivity index (χ0v) is 12.0. The minimum Gasteiger partial charge on any atom is -0.307 e. The quantitative estimate of drug-likeness (QED) is 0.797. The van der Waals surface area contributed by atoms with E-state index in [-0.39, 0.29) is 0 Å². The predicted molar refractivity (Wildman–Crippen MR) is 77.8 cm³/mol. The average molecular weight is 322 g/mol. The minimum atomic E-state index is 0.793. The first-order chi connectivity index (χ1) is 8.81. The van der Waals surface area contributed by atoms with Crippen LogP contribution in [-0.4, -0.2) is 9.38 Å². The van der Waals surface area contributed by atoms with Crippen LogP contribution < -0.4 is 5.32 Å². The van der Waals surface area contributed by atoms with Crippen molar-refractivity contribution in [2.45, 2.75) is 13.1 Å². The Labute approximate surface area is 118 Å². The molecule has 0 spiro atoms. The first-order valence-electron chi connectivity index (χ1n) is 5.67. The zero-order chi connectivity index (χ0) is 12.4. The fourth-order valence-electron chi connectivity index (χ4n) is 1.84. The summed E-state index contributed by atoms with van der Waals surface area (Å²) in [5, 5.41) is 5.45. The molecule has 0 bridgehead atoms. The number of hydrogen-bond acceptors (Lipinski definition) is 3. The molecule has 0 unspecified atom stereocenters. The molecular formula is C13H12BrN3S. The molecule has 0 atom stereocenters. The molecule has 3 rings (SSSR count). The number of rotatable bonds is 4. The van der Waals surface area contributed by atoms with Crippen LogP contribution in [0, 0.1) is 0 Å². The second kappa shape index (κ2) is 5.22. The zero-order valence-electron chi connectivity index (χ0n) is 9.64. The molecule has 0 fully saturated rings. The van der Waals surface area contributed by atoms with E-state index in [0.29, 0.717) is 0 Å². The Morgan fingerprint density at radius 2 is 2.28 bits per heavy atom. The van der Waals surface area contributed by atoms with Gasteiger partial charge in [-0.25, -0.2) is 4.98 Å².